The highest BCUT2D eigenvalue weighted by Gasteiger charge is 2.42. The maximum absolute atomic E-state index is 11.5. The van der Waals surface area contributed by atoms with Crippen LogP contribution in [0.5, 0.6) is 0 Å². The van der Waals surface area contributed by atoms with Gasteiger partial charge in [0.15, 0.2) is 5.96 Å². The third-order valence-corrected chi connectivity index (χ3v) is 5.36. The lowest BCUT2D eigenvalue weighted by Gasteiger charge is -2.34. The first-order valence-electron chi connectivity index (χ1n) is 9.35. The fourth-order valence-electron chi connectivity index (χ4n) is 3.36. The third-order valence-electron chi connectivity index (χ3n) is 5.36. The summed E-state index contributed by atoms with van der Waals surface area (Å²) in [5.41, 5.74) is 0.383. The van der Waals surface area contributed by atoms with E-state index in [1.165, 1.54) is 12.8 Å². The maximum Gasteiger partial charge on any atom is 0.220 e. The van der Waals surface area contributed by atoms with Crippen molar-refractivity contribution >= 4 is 11.9 Å². The van der Waals surface area contributed by atoms with Crippen LogP contribution in [0.25, 0.3) is 0 Å². The van der Waals surface area contributed by atoms with Crippen molar-refractivity contribution < 1.29 is 9.53 Å². The molecule has 0 aromatic heterocycles. The van der Waals surface area contributed by atoms with Crippen LogP contribution < -0.4 is 10.6 Å². The molecule has 1 saturated heterocycles. The van der Waals surface area contributed by atoms with Crippen LogP contribution >= 0.6 is 0 Å². The van der Waals surface area contributed by atoms with Gasteiger partial charge in [-0.05, 0) is 50.4 Å². The van der Waals surface area contributed by atoms with Gasteiger partial charge in [0, 0.05) is 53.4 Å². The van der Waals surface area contributed by atoms with Crippen molar-refractivity contribution in [1.29, 1.82) is 0 Å². The number of hydrogen-bond acceptors (Lipinski definition) is 3. The number of nitrogens with zero attached hydrogens (tertiary/aromatic N) is 2. The van der Waals surface area contributed by atoms with Crippen LogP contribution in [0, 0.1) is 11.3 Å². The third kappa shape index (κ3) is 5.65. The summed E-state index contributed by atoms with van der Waals surface area (Å²) in [5, 5.41) is 6.17. The minimum Gasteiger partial charge on any atom is -0.385 e. The second-order valence-electron chi connectivity index (χ2n) is 7.22. The molecule has 0 aromatic rings. The lowest BCUT2D eigenvalue weighted by atomic mass is 9.93. The van der Waals surface area contributed by atoms with E-state index in [9.17, 15) is 4.79 Å². The Hall–Kier alpha value is -1.30. The average Bonchev–Trinajstić information content (AvgIpc) is 3.38. The highest BCUT2D eigenvalue weighted by atomic mass is 16.5. The van der Waals surface area contributed by atoms with Crippen LogP contribution in [0.3, 0.4) is 0 Å². The van der Waals surface area contributed by atoms with Gasteiger partial charge in [-0.15, -0.1) is 0 Å². The molecule has 0 radical (unpaired) electrons. The van der Waals surface area contributed by atoms with Crippen LogP contribution in [0.2, 0.25) is 0 Å². The van der Waals surface area contributed by atoms with Crippen molar-refractivity contribution in [2.24, 2.45) is 16.3 Å². The molecule has 138 valence electrons. The Labute approximate surface area is 146 Å². The molecule has 1 saturated carbocycles. The number of hydrogen-bond donors (Lipinski definition) is 2. The minimum atomic E-state index is 0.155. The van der Waals surface area contributed by atoms with Crippen molar-refractivity contribution in [3.8, 4) is 0 Å². The Balaban J connectivity index is 1.84. The topological polar surface area (TPSA) is 66.0 Å². The first-order chi connectivity index (χ1) is 11.6. The van der Waals surface area contributed by atoms with Gasteiger partial charge >= 0.3 is 0 Å². The number of guanidine groups is 1. The summed E-state index contributed by atoms with van der Waals surface area (Å²) in [7, 11) is 3.48. The van der Waals surface area contributed by atoms with Crippen LogP contribution in [0.4, 0.5) is 0 Å². The molecule has 0 bridgehead atoms. The molecular weight excluding hydrogens is 304 g/mol. The van der Waals surface area contributed by atoms with Gasteiger partial charge in [-0.2, -0.15) is 0 Å². The van der Waals surface area contributed by atoms with Gasteiger partial charge in [0.25, 0.3) is 0 Å². The van der Waals surface area contributed by atoms with Crippen LogP contribution in [0.15, 0.2) is 4.99 Å². The van der Waals surface area contributed by atoms with Crippen LogP contribution in [-0.2, 0) is 9.53 Å². The molecule has 0 aromatic carbocycles. The Morgan fingerprint density at radius 3 is 2.58 bits per heavy atom. The first kappa shape index (κ1) is 19.0. The SMILES string of the molecule is CCNC(=NCC1(CCOC)CC1)N1CCC(CC(=O)NC)CC1. The number of ether oxygens (including phenoxy) is 1. The molecule has 1 amide bonds. The van der Waals surface area contributed by atoms with E-state index in [-0.39, 0.29) is 5.91 Å². The molecule has 0 atom stereocenters. The van der Waals surface area contributed by atoms with Crippen molar-refractivity contribution in [2.75, 3.05) is 46.9 Å². The van der Waals surface area contributed by atoms with E-state index in [0.717, 1.165) is 58.0 Å². The van der Waals surface area contributed by atoms with Crippen molar-refractivity contribution in [2.45, 2.75) is 45.4 Å². The second kappa shape index (κ2) is 9.25. The number of likely N-dealkylation sites (tertiary alicyclic amines) is 1. The molecule has 1 aliphatic heterocycles. The lowest BCUT2D eigenvalue weighted by Crippen LogP contribution is -2.46. The number of nitrogens with one attached hydrogen (secondary N) is 2. The van der Waals surface area contributed by atoms with Gasteiger partial charge in [0.1, 0.15) is 0 Å². The number of carbonyl (C=O) groups excluding carboxylic acids is 1. The predicted octanol–water partition coefficient (Wildman–Crippen LogP) is 1.62. The summed E-state index contributed by atoms with van der Waals surface area (Å²) < 4.78 is 5.23. The number of carbonyl (C=O) groups is 1. The van der Waals surface area contributed by atoms with Crippen molar-refractivity contribution in [3.63, 3.8) is 0 Å². The molecule has 1 heterocycles. The summed E-state index contributed by atoms with van der Waals surface area (Å²) in [5.74, 6) is 1.70. The first-order valence-corrected chi connectivity index (χ1v) is 9.35. The Morgan fingerprint density at radius 2 is 2.04 bits per heavy atom. The van der Waals surface area contributed by atoms with E-state index in [1.54, 1.807) is 14.2 Å². The minimum absolute atomic E-state index is 0.155. The van der Waals surface area contributed by atoms with E-state index in [2.05, 4.69) is 22.5 Å². The standard InChI is InChI=1S/C18H34N4O2/c1-4-20-17(21-14-18(7-8-18)9-12-24-3)22-10-5-15(6-11-22)13-16(23)19-2/h15H,4-14H2,1-3H3,(H,19,23)(H,20,21). The zero-order valence-corrected chi connectivity index (χ0v) is 15.6. The van der Waals surface area contributed by atoms with E-state index in [1.807, 2.05) is 0 Å². The molecule has 2 aliphatic rings. The molecular formula is C18H34N4O2. The number of methoxy groups -OCH3 is 1. The zero-order valence-electron chi connectivity index (χ0n) is 15.6. The fraction of sp³-hybridized carbons (Fsp3) is 0.889. The summed E-state index contributed by atoms with van der Waals surface area (Å²) in [6.07, 6.45) is 6.43. The van der Waals surface area contributed by atoms with Gasteiger partial charge in [-0.1, -0.05) is 0 Å². The smallest absolute Gasteiger partial charge is 0.220 e. The normalized spacial score (nSPS) is 20.8. The largest absolute Gasteiger partial charge is 0.385 e. The van der Waals surface area contributed by atoms with Gasteiger partial charge < -0.3 is 20.3 Å². The van der Waals surface area contributed by atoms with Gasteiger partial charge in [0.05, 0.1) is 0 Å². The molecule has 2 fully saturated rings. The zero-order chi connectivity index (χ0) is 17.4. The molecule has 24 heavy (non-hydrogen) atoms. The molecule has 0 spiro atoms. The molecule has 6 heteroatoms. The fourth-order valence-corrected chi connectivity index (χ4v) is 3.36. The monoisotopic (exact) mass is 338 g/mol. The van der Waals surface area contributed by atoms with Crippen LogP contribution in [-0.4, -0.2) is 63.7 Å². The molecule has 2 rings (SSSR count). The van der Waals surface area contributed by atoms with E-state index in [0.29, 0.717) is 17.8 Å². The van der Waals surface area contributed by atoms with E-state index in [4.69, 9.17) is 9.73 Å². The number of amides is 1. The average molecular weight is 338 g/mol. The highest BCUT2D eigenvalue weighted by molar-refractivity contribution is 5.80. The number of aliphatic imine (C=N–C) groups is 1. The van der Waals surface area contributed by atoms with Gasteiger partial charge in [0.2, 0.25) is 5.91 Å². The Morgan fingerprint density at radius 1 is 1.33 bits per heavy atom. The highest BCUT2D eigenvalue weighted by Crippen LogP contribution is 2.49. The summed E-state index contributed by atoms with van der Waals surface area (Å²) in [6.45, 7) is 6.71. The van der Waals surface area contributed by atoms with E-state index < -0.39 is 0 Å². The second-order valence-corrected chi connectivity index (χ2v) is 7.22. The number of piperidine rings is 1. The molecule has 0 unspecified atom stereocenters. The van der Waals surface area contributed by atoms with Crippen molar-refractivity contribution in [1.82, 2.24) is 15.5 Å². The summed E-state index contributed by atoms with van der Waals surface area (Å²) in [6, 6.07) is 0. The van der Waals surface area contributed by atoms with Gasteiger partial charge in [-0.3, -0.25) is 9.79 Å². The Kier molecular flexibility index (Phi) is 7.34. The molecule has 1 aliphatic carbocycles. The molecule has 2 N–H and O–H groups in total. The quantitative estimate of drug-likeness (QED) is 0.521. The Bertz CT molecular complexity index is 427. The van der Waals surface area contributed by atoms with Gasteiger partial charge in [-0.25, -0.2) is 0 Å². The van der Waals surface area contributed by atoms with E-state index >= 15 is 0 Å². The summed E-state index contributed by atoms with van der Waals surface area (Å²) >= 11 is 0. The summed E-state index contributed by atoms with van der Waals surface area (Å²) in [4.78, 5) is 18.8. The predicted molar refractivity (Wildman–Crippen MR) is 97.1 cm³/mol. The van der Waals surface area contributed by atoms with Crippen molar-refractivity contribution in [3.05, 3.63) is 0 Å². The van der Waals surface area contributed by atoms with Crippen LogP contribution in [0.1, 0.15) is 45.4 Å². The lowest BCUT2D eigenvalue weighted by molar-refractivity contribution is -0.121. The maximum atomic E-state index is 11.5. The number of rotatable bonds is 8. The molecule has 6 nitrogen and oxygen atoms in total.